The van der Waals surface area contributed by atoms with Gasteiger partial charge in [0.1, 0.15) is 5.60 Å². The molecule has 1 aliphatic rings. The largest absolute Gasteiger partial charge is 0.384 e. The number of aromatic amines is 1. The van der Waals surface area contributed by atoms with Gasteiger partial charge in [0.05, 0.1) is 0 Å². The summed E-state index contributed by atoms with van der Waals surface area (Å²) in [7, 11) is 0. The Morgan fingerprint density at radius 1 is 1.25 bits per heavy atom. The Morgan fingerprint density at radius 2 is 2.00 bits per heavy atom. The van der Waals surface area contributed by atoms with Crippen LogP contribution in [-0.2, 0) is 5.60 Å². The minimum Gasteiger partial charge on any atom is -0.384 e. The minimum atomic E-state index is -0.554. The zero-order valence-corrected chi connectivity index (χ0v) is 7.21. The van der Waals surface area contributed by atoms with Crippen LogP contribution in [0.3, 0.4) is 0 Å². The number of aromatic nitrogens is 1. The van der Waals surface area contributed by atoms with Crippen LogP contribution in [0.15, 0.2) is 18.3 Å². The first-order valence-electron chi connectivity index (χ1n) is 4.67. The van der Waals surface area contributed by atoms with E-state index >= 15 is 0 Å². The number of rotatable bonds is 1. The zero-order chi connectivity index (χ0) is 8.44. The molecule has 0 unspecified atom stereocenters. The lowest BCUT2D eigenvalue weighted by molar-refractivity contribution is -0.00416. The first-order valence-corrected chi connectivity index (χ1v) is 4.67. The Bertz CT molecular complexity index is 234. The summed E-state index contributed by atoms with van der Waals surface area (Å²) in [5.74, 6) is 0. The van der Waals surface area contributed by atoms with Gasteiger partial charge in [-0.2, -0.15) is 0 Å². The SMILES string of the molecule is OC1(c2ccc[nH]2)CCCCC1. The van der Waals surface area contributed by atoms with Crippen LogP contribution in [0.4, 0.5) is 0 Å². The third-order valence-corrected chi connectivity index (χ3v) is 2.78. The fraction of sp³-hybridized carbons (Fsp3) is 0.600. The van der Waals surface area contributed by atoms with Crippen LogP contribution in [-0.4, -0.2) is 10.1 Å². The van der Waals surface area contributed by atoms with Gasteiger partial charge in [0, 0.05) is 11.9 Å². The van der Waals surface area contributed by atoms with E-state index < -0.39 is 5.60 Å². The first-order chi connectivity index (χ1) is 5.81. The molecule has 1 aromatic rings. The average Bonchev–Trinajstić information content (AvgIpc) is 2.58. The van der Waals surface area contributed by atoms with E-state index in [-0.39, 0.29) is 0 Å². The topological polar surface area (TPSA) is 36.0 Å². The molecule has 2 heteroatoms. The standard InChI is InChI=1S/C10H15NO/c12-10(6-2-1-3-7-10)9-5-4-8-11-9/h4-5,8,11-12H,1-3,6-7H2. The quantitative estimate of drug-likeness (QED) is 0.657. The summed E-state index contributed by atoms with van der Waals surface area (Å²) in [5, 5.41) is 10.2. The maximum atomic E-state index is 10.2. The number of H-pyrrole nitrogens is 1. The normalized spacial score (nSPS) is 22.4. The molecule has 2 nitrogen and oxygen atoms in total. The minimum absolute atomic E-state index is 0.554. The summed E-state index contributed by atoms with van der Waals surface area (Å²) >= 11 is 0. The van der Waals surface area contributed by atoms with Crippen molar-refractivity contribution in [2.24, 2.45) is 0 Å². The number of hydrogen-bond acceptors (Lipinski definition) is 1. The van der Waals surface area contributed by atoms with E-state index in [1.807, 2.05) is 18.3 Å². The lowest BCUT2D eigenvalue weighted by Crippen LogP contribution is -2.28. The van der Waals surface area contributed by atoms with Crippen molar-refractivity contribution < 1.29 is 5.11 Å². The van der Waals surface area contributed by atoms with Crippen LogP contribution >= 0.6 is 0 Å². The fourth-order valence-electron chi connectivity index (χ4n) is 2.03. The Labute approximate surface area is 72.6 Å². The van der Waals surface area contributed by atoms with Crippen molar-refractivity contribution in [3.63, 3.8) is 0 Å². The molecule has 2 N–H and O–H groups in total. The highest BCUT2D eigenvalue weighted by molar-refractivity contribution is 5.13. The number of nitrogens with one attached hydrogen (secondary N) is 1. The smallest absolute Gasteiger partial charge is 0.104 e. The molecule has 0 aromatic carbocycles. The van der Waals surface area contributed by atoms with Crippen molar-refractivity contribution in [2.75, 3.05) is 0 Å². The fourth-order valence-corrected chi connectivity index (χ4v) is 2.03. The highest BCUT2D eigenvalue weighted by atomic mass is 16.3. The van der Waals surface area contributed by atoms with Gasteiger partial charge < -0.3 is 10.1 Å². The third-order valence-electron chi connectivity index (χ3n) is 2.78. The molecule has 1 aromatic heterocycles. The Balaban J connectivity index is 2.19. The molecule has 0 atom stereocenters. The van der Waals surface area contributed by atoms with Crippen molar-refractivity contribution >= 4 is 0 Å². The molecule has 0 aliphatic heterocycles. The summed E-state index contributed by atoms with van der Waals surface area (Å²) in [6.45, 7) is 0. The molecule has 0 saturated heterocycles. The van der Waals surface area contributed by atoms with Crippen molar-refractivity contribution in [2.45, 2.75) is 37.7 Å². The van der Waals surface area contributed by atoms with Crippen LogP contribution in [0.2, 0.25) is 0 Å². The van der Waals surface area contributed by atoms with E-state index in [1.165, 1.54) is 6.42 Å². The van der Waals surface area contributed by atoms with Crippen LogP contribution in [0.25, 0.3) is 0 Å². The maximum absolute atomic E-state index is 10.2. The average molecular weight is 165 g/mol. The molecule has 1 saturated carbocycles. The Morgan fingerprint density at radius 3 is 2.58 bits per heavy atom. The van der Waals surface area contributed by atoms with E-state index in [4.69, 9.17) is 0 Å². The van der Waals surface area contributed by atoms with Crippen molar-refractivity contribution in [1.29, 1.82) is 0 Å². The van der Waals surface area contributed by atoms with E-state index in [0.29, 0.717) is 0 Å². The van der Waals surface area contributed by atoms with Gasteiger partial charge in [-0.1, -0.05) is 19.3 Å². The molecule has 1 fully saturated rings. The van der Waals surface area contributed by atoms with Crippen molar-refractivity contribution in [1.82, 2.24) is 4.98 Å². The molecule has 0 spiro atoms. The molecule has 2 rings (SSSR count). The molecule has 0 amide bonds. The predicted molar refractivity (Wildman–Crippen MR) is 47.8 cm³/mol. The highest BCUT2D eigenvalue weighted by Crippen LogP contribution is 2.35. The van der Waals surface area contributed by atoms with Crippen molar-refractivity contribution in [3.8, 4) is 0 Å². The molecular formula is C10H15NO. The van der Waals surface area contributed by atoms with Crippen molar-refractivity contribution in [3.05, 3.63) is 24.0 Å². The van der Waals surface area contributed by atoms with Crippen LogP contribution in [0.5, 0.6) is 0 Å². The number of hydrogen-bond donors (Lipinski definition) is 2. The molecule has 1 heterocycles. The lowest BCUT2D eigenvalue weighted by atomic mass is 9.83. The van der Waals surface area contributed by atoms with Gasteiger partial charge >= 0.3 is 0 Å². The van der Waals surface area contributed by atoms with Gasteiger partial charge in [0.25, 0.3) is 0 Å². The van der Waals surface area contributed by atoms with Gasteiger partial charge in [0.15, 0.2) is 0 Å². The Kier molecular flexibility index (Phi) is 1.93. The van der Waals surface area contributed by atoms with Crippen LogP contribution in [0, 0.1) is 0 Å². The summed E-state index contributed by atoms with van der Waals surface area (Å²) < 4.78 is 0. The second kappa shape index (κ2) is 2.94. The lowest BCUT2D eigenvalue weighted by Gasteiger charge is -2.31. The van der Waals surface area contributed by atoms with Gasteiger partial charge in [-0.15, -0.1) is 0 Å². The van der Waals surface area contributed by atoms with Gasteiger partial charge in [-0.3, -0.25) is 0 Å². The van der Waals surface area contributed by atoms with Crippen LogP contribution in [0.1, 0.15) is 37.8 Å². The van der Waals surface area contributed by atoms with E-state index in [2.05, 4.69) is 4.98 Å². The predicted octanol–water partition coefficient (Wildman–Crippen LogP) is 2.17. The molecule has 12 heavy (non-hydrogen) atoms. The number of aliphatic hydroxyl groups is 1. The summed E-state index contributed by atoms with van der Waals surface area (Å²) in [6, 6.07) is 3.92. The summed E-state index contributed by atoms with van der Waals surface area (Å²) in [6.07, 6.45) is 7.26. The van der Waals surface area contributed by atoms with E-state index in [0.717, 1.165) is 31.4 Å². The van der Waals surface area contributed by atoms with Crippen LogP contribution < -0.4 is 0 Å². The second-order valence-corrected chi connectivity index (χ2v) is 3.68. The molecule has 66 valence electrons. The first kappa shape index (κ1) is 7.87. The molecule has 0 radical (unpaired) electrons. The molecular weight excluding hydrogens is 150 g/mol. The summed E-state index contributed by atoms with van der Waals surface area (Å²) in [5.41, 5.74) is 0.434. The zero-order valence-electron chi connectivity index (χ0n) is 7.21. The molecule has 0 bridgehead atoms. The van der Waals surface area contributed by atoms with Gasteiger partial charge in [0.2, 0.25) is 0 Å². The Hall–Kier alpha value is -0.760. The maximum Gasteiger partial charge on any atom is 0.104 e. The van der Waals surface area contributed by atoms with E-state index in [1.54, 1.807) is 0 Å². The summed E-state index contributed by atoms with van der Waals surface area (Å²) in [4.78, 5) is 3.10. The van der Waals surface area contributed by atoms with E-state index in [9.17, 15) is 5.11 Å². The van der Waals surface area contributed by atoms with Gasteiger partial charge in [-0.25, -0.2) is 0 Å². The monoisotopic (exact) mass is 165 g/mol. The van der Waals surface area contributed by atoms with Gasteiger partial charge in [-0.05, 0) is 25.0 Å². The molecule has 1 aliphatic carbocycles. The third kappa shape index (κ3) is 1.27. The highest BCUT2D eigenvalue weighted by Gasteiger charge is 2.31. The second-order valence-electron chi connectivity index (χ2n) is 3.68.